The van der Waals surface area contributed by atoms with Gasteiger partial charge in [0, 0.05) is 51.4 Å². The largest absolute Gasteiger partial charge is 0.455 e. The molecule has 13 rings (SSSR count). The number of hydrogen-bond acceptors (Lipinski definition) is 3. The zero-order chi connectivity index (χ0) is 40.5. The van der Waals surface area contributed by atoms with Gasteiger partial charge in [-0.05, 0) is 118 Å². The molecular formula is C57H43BN2O. The summed E-state index contributed by atoms with van der Waals surface area (Å²) in [6.07, 6.45) is 27.1. The second-order valence-corrected chi connectivity index (χ2v) is 18.1. The summed E-state index contributed by atoms with van der Waals surface area (Å²) in [6.45, 7) is 4.63. The maximum absolute atomic E-state index is 10.8. The molecule has 0 N–H and O–H groups in total. The summed E-state index contributed by atoms with van der Waals surface area (Å²) in [5.41, 5.74) is 21.3. The van der Waals surface area contributed by atoms with Crippen molar-refractivity contribution >= 4 is 67.2 Å². The van der Waals surface area contributed by atoms with E-state index in [0.717, 1.165) is 52.2 Å². The molecule has 0 spiro atoms. The van der Waals surface area contributed by atoms with Crippen LogP contribution in [0.4, 0.5) is 5.69 Å². The van der Waals surface area contributed by atoms with E-state index in [1.54, 1.807) is 0 Å². The fourth-order valence-electron chi connectivity index (χ4n) is 12.6. The first-order valence-corrected chi connectivity index (χ1v) is 22.1. The minimum Gasteiger partial charge on any atom is -0.455 e. The van der Waals surface area contributed by atoms with Crippen molar-refractivity contribution in [2.75, 3.05) is 4.90 Å². The molecule has 6 aromatic rings. The van der Waals surface area contributed by atoms with Crippen LogP contribution >= 0.6 is 0 Å². The molecule has 0 bridgehead atoms. The van der Waals surface area contributed by atoms with Gasteiger partial charge >= 0.3 is 0 Å². The van der Waals surface area contributed by atoms with Crippen molar-refractivity contribution in [3.8, 4) is 6.07 Å². The first-order valence-electron chi connectivity index (χ1n) is 22.1. The highest BCUT2D eigenvalue weighted by molar-refractivity contribution is 6.95. The summed E-state index contributed by atoms with van der Waals surface area (Å²) >= 11 is 0. The molecule has 0 amide bonds. The number of rotatable bonds is 3. The van der Waals surface area contributed by atoms with E-state index in [0.29, 0.717) is 12.3 Å². The Kier molecular flexibility index (Phi) is 7.50. The Bertz CT molecular complexity index is 3310. The van der Waals surface area contributed by atoms with Crippen molar-refractivity contribution in [1.29, 1.82) is 5.26 Å². The first kappa shape index (κ1) is 35.0. The lowest BCUT2D eigenvalue weighted by Crippen LogP contribution is -2.60. The molecule has 5 aliphatic carbocycles. The molecule has 4 heteroatoms. The van der Waals surface area contributed by atoms with Gasteiger partial charge in [0.15, 0.2) is 0 Å². The molecule has 0 saturated heterocycles. The fraction of sp³-hybridized carbons (Fsp3) is 0.175. The third-order valence-electron chi connectivity index (χ3n) is 15.0. The van der Waals surface area contributed by atoms with Crippen LogP contribution in [0.25, 0.3) is 43.9 Å². The summed E-state index contributed by atoms with van der Waals surface area (Å²) in [7, 11) is 0. The Morgan fingerprint density at radius 3 is 2.52 bits per heavy atom. The highest BCUT2D eigenvalue weighted by Gasteiger charge is 2.50. The van der Waals surface area contributed by atoms with Gasteiger partial charge in [-0.25, -0.2) is 0 Å². The number of fused-ring (bicyclic) bond motifs is 10. The molecule has 4 unspecified atom stereocenters. The number of nitriles is 1. The van der Waals surface area contributed by atoms with Gasteiger partial charge in [0.2, 0.25) is 6.71 Å². The van der Waals surface area contributed by atoms with Crippen LogP contribution in [0, 0.1) is 23.2 Å². The summed E-state index contributed by atoms with van der Waals surface area (Å²) in [5.74, 6) is 0.849. The van der Waals surface area contributed by atoms with Crippen LogP contribution in [0.2, 0.25) is 0 Å². The van der Waals surface area contributed by atoms with Gasteiger partial charge in [-0.1, -0.05) is 144 Å². The Balaban J connectivity index is 1.19. The van der Waals surface area contributed by atoms with Crippen LogP contribution in [0.3, 0.4) is 0 Å². The molecule has 1 aromatic heterocycles. The third-order valence-corrected chi connectivity index (χ3v) is 15.0. The minimum atomic E-state index is -0.0199. The van der Waals surface area contributed by atoms with E-state index in [1.807, 2.05) is 0 Å². The summed E-state index contributed by atoms with van der Waals surface area (Å²) in [4.78, 5) is 2.72. The topological polar surface area (TPSA) is 40.2 Å². The number of allylic oxidation sites excluding steroid dienone is 14. The van der Waals surface area contributed by atoms with Gasteiger partial charge in [0.25, 0.3) is 0 Å². The van der Waals surface area contributed by atoms with E-state index in [2.05, 4.69) is 177 Å². The monoisotopic (exact) mass is 782 g/mol. The van der Waals surface area contributed by atoms with Gasteiger partial charge in [0.1, 0.15) is 11.2 Å². The quantitative estimate of drug-likeness (QED) is 0.168. The third kappa shape index (κ3) is 4.87. The van der Waals surface area contributed by atoms with Crippen molar-refractivity contribution in [2.24, 2.45) is 11.8 Å². The summed E-state index contributed by atoms with van der Waals surface area (Å²) in [5, 5.41) is 15.5. The molecule has 61 heavy (non-hydrogen) atoms. The molecule has 0 radical (unpaired) electrons. The van der Waals surface area contributed by atoms with E-state index in [-0.39, 0.29) is 24.6 Å². The first-order chi connectivity index (χ1) is 30.1. The molecule has 0 fully saturated rings. The number of anilines is 1. The Morgan fingerprint density at radius 2 is 1.67 bits per heavy atom. The van der Waals surface area contributed by atoms with Crippen LogP contribution in [-0.2, 0) is 0 Å². The van der Waals surface area contributed by atoms with Gasteiger partial charge in [0.05, 0.1) is 12.1 Å². The number of nitrogens with zero attached hydrogens (tertiary/aromatic N) is 2. The van der Waals surface area contributed by atoms with E-state index in [1.165, 1.54) is 83.3 Å². The standard InChI is InChI=1S/C57H43BN2O/c1-33-15-13-16-34(2)56(33)60-49-31-44-43(52(36-17-5-3-6-18-36)39-22-9-10-23-40(39)53(44)37-19-7-4-8-20-37)29-47(49)58-48-30-46-38-21-11-12-26-51(38)61-57(46)42-25-14-24-41(54(42)48)45-27-35(32-59)28-50(60)55(45)58/h3-12,14-15,17-19,21-27,29-31,37,40,50,53H,13,16,20,28H2,1-2H3. The fourth-order valence-corrected chi connectivity index (χ4v) is 12.6. The molecule has 3 heterocycles. The Morgan fingerprint density at radius 1 is 0.820 bits per heavy atom. The van der Waals surface area contributed by atoms with Crippen molar-refractivity contribution in [2.45, 2.75) is 51.5 Å². The second-order valence-electron chi connectivity index (χ2n) is 18.1. The second kappa shape index (κ2) is 13.1. The van der Waals surface area contributed by atoms with E-state index >= 15 is 0 Å². The summed E-state index contributed by atoms with van der Waals surface area (Å²) < 4.78 is 6.74. The van der Waals surface area contributed by atoms with Crippen LogP contribution in [0.5, 0.6) is 0 Å². The maximum Gasteiger partial charge on any atom is 0.243 e. The molecule has 7 aliphatic rings. The van der Waals surface area contributed by atoms with Crippen LogP contribution in [-0.4, -0.2) is 12.8 Å². The lowest BCUT2D eigenvalue weighted by molar-refractivity contribution is 0.438. The summed E-state index contributed by atoms with van der Waals surface area (Å²) in [6, 6.07) is 36.8. The van der Waals surface area contributed by atoms with Crippen LogP contribution in [0.15, 0.2) is 190 Å². The van der Waals surface area contributed by atoms with E-state index in [9.17, 15) is 5.26 Å². The van der Waals surface area contributed by atoms with Gasteiger partial charge < -0.3 is 9.32 Å². The lowest BCUT2D eigenvalue weighted by Gasteiger charge is -2.50. The number of hydrogen-bond donors (Lipinski definition) is 0. The number of benzene rings is 5. The van der Waals surface area contributed by atoms with Crippen LogP contribution in [0.1, 0.15) is 67.7 Å². The van der Waals surface area contributed by atoms with E-state index in [4.69, 9.17) is 4.42 Å². The minimum absolute atomic E-state index is 0.0187. The Hall–Kier alpha value is -6.83. The molecular weight excluding hydrogens is 739 g/mol. The molecule has 3 nitrogen and oxygen atoms in total. The van der Waals surface area contributed by atoms with Crippen molar-refractivity contribution in [1.82, 2.24) is 0 Å². The number of para-hydroxylation sites is 1. The predicted molar refractivity (Wildman–Crippen MR) is 253 cm³/mol. The molecule has 5 aromatic carbocycles. The van der Waals surface area contributed by atoms with Crippen molar-refractivity contribution < 1.29 is 4.42 Å². The molecule has 0 saturated carbocycles. The van der Waals surface area contributed by atoms with Crippen LogP contribution < -0.4 is 15.8 Å². The smallest absolute Gasteiger partial charge is 0.243 e. The van der Waals surface area contributed by atoms with Crippen molar-refractivity contribution in [3.05, 3.63) is 207 Å². The van der Waals surface area contributed by atoms with E-state index < -0.39 is 0 Å². The predicted octanol–water partition coefficient (Wildman–Crippen LogP) is 12.5. The highest BCUT2D eigenvalue weighted by Crippen LogP contribution is 2.55. The molecule has 290 valence electrons. The maximum atomic E-state index is 10.8. The average Bonchev–Trinajstić information content (AvgIpc) is 3.68. The van der Waals surface area contributed by atoms with Gasteiger partial charge in [-0.2, -0.15) is 5.26 Å². The normalized spacial score (nSPS) is 23.3. The zero-order valence-corrected chi connectivity index (χ0v) is 34.5. The lowest BCUT2D eigenvalue weighted by atomic mass is 9.30. The van der Waals surface area contributed by atoms with Gasteiger partial charge in [-0.15, -0.1) is 0 Å². The number of furan rings is 1. The molecule has 2 aliphatic heterocycles. The van der Waals surface area contributed by atoms with Crippen molar-refractivity contribution in [3.63, 3.8) is 0 Å². The van der Waals surface area contributed by atoms with Gasteiger partial charge in [-0.3, -0.25) is 0 Å². The Labute approximate surface area is 357 Å². The average molecular weight is 783 g/mol. The zero-order valence-electron chi connectivity index (χ0n) is 34.5. The highest BCUT2D eigenvalue weighted by atomic mass is 16.3. The SMILES string of the molecule is CC1=CCCC(C)=C1N1c2cc3c(cc2B2C4=C(C=C(C#N)CC41)c1cccc4c1c2cc1c2ccccc2oc41)C(c1ccccc1)=C1C=CC=CC1C3C1C=CC=CC1. The molecule has 4 atom stereocenters.